The summed E-state index contributed by atoms with van der Waals surface area (Å²) in [5.74, 6) is -2.96. The van der Waals surface area contributed by atoms with Gasteiger partial charge in [0.15, 0.2) is 5.78 Å². The number of ketones is 1. The van der Waals surface area contributed by atoms with E-state index in [0.29, 0.717) is 5.56 Å². The fraction of sp³-hybridized carbons (Fsp3) is 0.125. The first kappa shape index (κ1) is 17.8. The molecule has 2 aromatic carbocycles. The Labute approximate surface area is 147 Å². The van der Waals surface area contributed by atoms with Crippen LogP contribution in [0.15, 0.2) is 36.4 Å². The summed E-state index contributed by atoms with van der Waals surface area (Å²) in [5, 5.41) is 18.5. The number of aliphatic hydroxyl groups excluding tert-OH is 1. The summed E-state index contributed by atoms with van der Waals surface area (Å²) >= 11 is 17.8. The second-order valence-corrected chi connectivity index (χ2v) is 5.89. The third-order valence-electron chi connectivity index (χ3n) is 3.34. The predicted octanol–water partition coefficient (Wildman–Crippen LogP) is 4.30. The smallest absolute Gasteiger partial charge is 0.336 e. The van der Waals surface area contributed by atoms with Gasteiger partial charge in [-0.15, -0.1) is 0 Å². The van der Waals surface area contributed by atoms with Crippen LogP contribution in [0.1, 0.15) is 32.2 Å². The predicted molar refractivity (Wildman–Crippen MR) is 89.0 cm³/mol. The summed E-state index contributed by atoms with van der Waals surface area (Å²) in [4.78, 5) is 24.2. The zero-order chi connectivity index (χ0) is 17.1. The van der Waals surface area contributed by atoms with E-state index in [0.717, 1.165) is 6.07 Å². The maximum Gasteiger partial charge on any atom is 0.336 e. The minimum atomic E-state index is -1.36. The Morgan fingerprint density at radius 2 is 1.65 bits per heavy atom. The first-order chi connectivity index (χ1) is 10.9. The van der Waals surface area contributed by atoms with Crippen LogP contribution in [-0.4, -0.2) is 28.6 Å². The zero-order valence-corrected chi connectivity index (χ0v) is 13.9. The first-order valence-electron chi connectivity index (χ1n) is 6.49. The van der Waals surface area contributed by atoms with Crippen LogP contribution in [0.2, 0.25) is 15.1 Å². The summed E-state index contributed by atoms with van der Waals surface area (Å²) in [6.45, 7) is -0.502. The molecule has 0 fully saturated rings. The van der Waals surface area contributed by atoms with Crippen LogP contribution < -0.4 is 0 Å². The van der Waals surface area contributed by atoms with Crippen molar-refractivity contribution in [3.8, 4) is 0 Å². The minimum absolute atomic E-state index is 0.0640. The molecule has 0 saturated heterocycles. The molecule has 1 unspecified atom stereocenters. The fourth-order valence-electron chi connectivity index (χ4n) is 2.20. The molecule has 0 bridgehead atoms. The highest BCUT2D eigenvalue weighted by atomic mass is 35.5. The van der Waals surface area contributed by atoms with Crippen LogP contribution in [0.25, 0.3) is 0 Å². The molecule has 0 aromatic heterocycles. The van der Waals surface area contributed by atoms with Gasteiger partial charge >= 0.3 is 5.97 Å². The van der Waals surface area contributed by atoms with Crippen LogP contribution >= 0.6 is 34.8 Å². The molecule has 1 atom stereocenters. The molecule has 7 heteroatoms. The molecule has 0 saturated carbocycles. The maximum atomic E-state index is 12.8. The molecular weight excluding hydrogens is 363 g/mol. The zero-order valence-electron chi connectivity index (χ0n) is 11.6. The molecule has 23 heavy (non-hydrogen) atoms. The van der Waals surface area contributed by atoms with Crippen molar-refractivity contribution < 1.29 is 19.8 Å². The van der Waals surface area contributed by atoms with E-state index in [1.165, 1.54) is 0 Å². The van der Waals surface area contributed by atoms with Crippen molar-refractivity contribution in [2.45, 2.75) is 5.92 Å². The Morgan fingerprint density at radius 3 is 2.17 bits per heavy atom. The molecule has 2 N–H and O–H groups in total. The van der Waals surface area contributed by atoms with Crippen molar-refractivity contribution in [2.75, 3.05) is 6.61 Å². The number of benzene rings is 2. The Balaban J connectivity index is 2.62. The van der Waals surface area contributed by atoms with Gasteiger partial charge in [0.25, 0.3) is 0 Å². The monoisotopic (exact) mass is 372 g/mol. The van der Waals surface area contributed by atoms with Crippen molar-refractivity contribution in [1.29, 1.82) is 0 Å². The van der Waals surface area contributed by atoms with E-state index < -0.39 is 24.3 Å². The summed E-state index contributed by atoms with van der Waals surface area (Å²) in [6.07, 6.45) is 0. The number of carbonyl (C=O) groups excluding carboxylic acids is 1. The average Bonchev–Trinajstić information content (AvgIpc) is 2.53. The van der Waals surface area contributed by atoms with Gasteiger partial charge in [0, 0.05) is 0 Å². The molecule has 0 heterocycles. The van der Waals surface area contributed by atoms with Crippen molar-refractivity contribution in [1.82, 2.24) is 0 Å². The van der Waals surface area contributed by atoms with Gasteiger partial charge in [0.2, 0.25) is 0 Å². The van der Waals surface area contributed by atoms with Gasteiger partial charge in [-0.1, -0.05) is 65.1 Å². The van der Waals surface area contributed by atoms with E-state index >= 15 is 0 Å². The molecule has 0 aliphatic heterocycles. The Hall–Kier alpha value is -1.59. The average molecular weight is 374 g/mol. The molecule has 0 aliphatic carbocycles. The van der Waals surface area contributed by atoms with Gasteiger partial charge in [-0.25, -0.2) is 4.79 Å². The Bertz CT molecular complexity index is 760. The van der Waals surface area contributed by atoms with Crippen molar-refractivity contribution in [2.24, 2.45) is 0 Å². The summed E-state index contributed by atoms with van der Waals surface area (Å²) in [5.41, 5.74) is -0.0845. The first-order valence-corrected chi connectivity index (χ1v) is 7.62. The van der Waals surface area contributed by atoms with E-state index in [4.69, 9.17) is 34.8 Å². The van der Waals surface area contributed by atoms with Crippen LogP contribution in [-0.2, 0) is 0 Å². The van der Waals surface area contributed by atoms with Crippen LogP contribution in [0, 0.1) is 0 Å². The SMILES string of the molecule is O=C(O)c1cc(Cl)c(Cl)c(Cl)c1C(=O)C(CO)c1ccccc1. The van der Waals surface area contributed by atoms with Crippen molar-refractivity contribution >= 4 is 46.6 Å². The lowest BCUT2D eigenvalue weighted by Gasteiger charge is -2.17. The van der Waals surface area contributed by atoms with Crippen molar-refractivity contribution in [3.05, 3.63) is 68.2 Å². The van der Waals surface area contributed by atoms with E-state index in [-0.39, 0.29) is 26.2 Å². The maximum absolute atomic E-state index is 12.8. The molecule has 2 rings (SSSR count). The van der Waals surface area contributed by atoms with Gasteiger partial charge in [0.05, 0.1) is 38.7 Å². The lowest BCUT2D eigenvalue weighted by molar-refractivity contribution is 0.0690. The quantitative estimate of drug-likeness (QED) is 0.605. The third-order valence-corrected chi connectivity index (χ3v) is 4.60. The van der Waals surface area contributed by atoms with Gasteiger partial charge < -0.3 is 10.2 Å². The summed E-state index contributed by atoms with van der Waals surface area (Å²) in [7, 11) is 0. The number of hydrogen-bond acceptors (Lipinski definition) is 3. The van der Waals surface area contributed by atoms with Gasteiger partial charge in [0.1, 0.15) is 0 Å². The lowest BCUT2D eigenvalue weighted by Crippen LogP contribution is -2.20. The largest absolute Gasteiger partial charge is 0.478 e. The second-order valence-electron chi connectivity index (χ2n) is 4.72. The molecule has 2 aromatic rings. The number of hydrogen-bond donors (Lipinski definition) is 2. The van der Waals surface area contributed by atoms with Gasteiger partial charge in [-0.2, -0.15) is 0 Å². The second kappa shape index (κ2) is 7.32. The molecule has 120 valence electrons. The van der Waals surface area contributed by atoms with Crippen LogP contribution in [0.3, 0.4) is 0 Å². The topological polar surface area (TPSA) is 74.6 Å². The summed E-state index contributed by atoms with van der Waals surface area (Å²) in [6, 6.07) is 9.57. The van der Waals surface area contributed by atoms with E-state index in [1.54, 1.807) is 30.3 Å². The van der Waals surface area contributed by atoms with Gasteiger partial charge in [-0.3, -0.25) is 4.79 Å². The number of rotatable bonds is 5. The normalized spacial score (nSPS) is 12.0. The number of aromatic carboxylic acids is 1. The minimum Gasteiger partial charge on any atom is -0.478 e. The summed E-state index contributed by atoms with van der Waals surface area (Å²) < 4.78 is 0. The number of carboxylic acid groups (broad SMARTS) is 1. The number of Topliss-reactive ketones (excluding diaryl/α,β-unsaturated/α-hetero) is 1. The van der Waals surface area contributed by atoms with Crippen LogP contribution in [0.4, 0.5) is 0 Å². The Morgan fingerprint density at radius 1 is 1.04 bits per heavy atom. The van der Waals surface area contributed by atoms with Crippen molar-refractivity contribution in [3.63, 3.8) is 0 Å². The fourth-order valence-corrected chi connectivity index (χ4v) is 2.90. The lowest BCUT2D eigenvalue weighted by atomic mass is 9.89. The third kappa shape index (κ3) is 3.51. The Kier molecular flexibility index (Phi) is 5.65. The number of carboxylic acids is 1. The number of halogens is 3. The van der Waals surface area contributed by atoms with E-state index in [9.17, 15) is 19.8 Å². The molecule has 0 radical (unpaired) electrons. The number of carbonyl (C=O) groups is 2. The molecule has 0 aliphatic rings. The van der Waals surface area contributed by atoms with Gasteiger partial charge in [-0.05, 0) is 11.6 Å². The standard InChI is InChI=1S/C16H11Cl3O4/c17-11-6-9(16(22)23)12(14(19)13(11)18)15(21)10(7-20)8-4-2-1-3-5-8/h1-6,10,20H,7H2,(H,22,23). The van der Waals surface area contributed by atoms with Crippen LogP contribution in [0.5, 0.6) is 0 Å². The highest BCUT2D eigenvalue weighted by Gasteiger charge is 2.30. The number of aliphatic hydroxyl groups is 1. The highest BCUT2D eigenvalue weighted by Crippen LogP contribution is 2.37. The molecule has 4 nitrogen and oxygen atoms in total. The molecular formula is C16H11Cl3O4. The highest BCUT2D eigenvalue weighted by molar-refractivity contribution is 6.49. The molecule has 0 amide bonds. The molecule has 0 spiro atoms. The van der Waals surface area contributed by atoms with E-state index in [1.807, 2.05) is 0 Å². The van der Waals surface area contributed by atoms with E-state index in [2.05, 4.69) is 0 Å².